The Morgan fingerprint density at radius 2 is 0.857 bits per heavy atom. The summed E-state index contributed by atoms with van der Waals surface area (Å²) in [7, 11) is 0. The molecule has 3 rings (SSSR count). The predicted molar refractivity (Wildman–Crippen MR) is 126 cm³/mol. The first-order valence-corrected chi connectivity index (χ1v) is 9.78. The van der Waals surface area contributed by atoms with Gasteiger partial charge < -0.3 is 16.6 Å². The van der Waals surface area contributed by atoms with Crippen LogP contribution in [0.1, 0.15) is 46.1 Å². The van der Waals surface area contributed by atoms with Gasteiger partial charge in [0.2, 0.25) is 0 Å². The Hall–Kier alpha value is -2.94. The number of aromatic hydroxyl groups is 1. The molecule has 0 spiro atoms. The van der Waals surface area contributed by atoms with Crippen molar-refractivity contribution in [1.29, 1.82) is 0 Å². The highest BCUT2D eigenvalue weighted by atomic mass is 16.3. The van der Waals surface area contributed by atoms with E-state index in [4.69, 9.17) is 16.6 Å². The second-order valence-electron chi connectivity index (χ2n) is 6.02. The normalized spacial score (nSPS) is 8.18. The largest absolute Gasteiger partial charge is 0.508 e. The molecule has 3 aromatic rings. The molecule has 0 saturated heterocycles. The number of para-hydroxylation sites is 3. The maximum absolute atomic E-state index is 8.92. The lowest BCUT2D eigenvalue weighted by Crippen LogP contribution is -1.79. The van der Waals surface area contributed by atoms with Gasteiger partial charge in [-0.3, -0.25) is 0 Å². The average molecular weight is 383 g/mol. The molecule has 3 heteroatoms. The molecule has 5 N–H and O–H groups in total. The van der Waals surface area contributed by atoms with Crippen LogP contribution in [0.3, 0.4) is 0 Å². The van der Waals surface area contributed by atoms with Gasteiger partial charge in [-0.15, -0.1) is 0 Å². The first-order chi connectivity index (χ1) is 13.4. The third kappa shape index (κ3) is 19.4. The lowest BCUT2D eigenvalue weighted by molar-refractivity contribution is 0.471. The van der Waals surface area contributed by atoms with Gasteiger partial charge in [0.25, 0.3) is 0 Å². The second kappa shape index (κ2) is 20.4. The number of hydrogen-bond acceptors (Lipinski definition) is 3. The number of benzene rings is 3. The summed E-state index contributed by atoms with van der Waals surface area (Å²) in [5, 5.41) is 8.92. The zero-order chi connectivity index (χ0) is 21.6. The van der Waals surface area contributed by atoms with Gasteiger partial charge in [0.15, 0.2) is 0 Å². The van der Waals surface area contributed by atoms with Crippen LogP contribution in [0.5, 0.6) is 5.75 Å². The van der Waals surface area contributed by atoms with E-state index in [1.165, 1.54) is 12.8 Å². The fourth-order valence-electron chi connectivity index (χ4n) is 1.47. The SMILES string of the molecule is CCC.CCC.Cc1ccccc1O.Nc1ccccc1.Nc1ccccc1. The van der Waals surface area contributed by atoms with Crippen molar-refractivity contribution in [3.05, 3.63) is 90.5 Å². The van der Waals surface area contributed by atoms with E-state index in [0.29, 0.717) is 5.75 Å². The van der Waals surface area contributed by atoms with Crippen LogP contribution in [0.25, 0.3) is 0 Å². The minimum absolute atomic E-state index is 0.368. The predicted octanol–water partition coefficient (Wildman–Crippen LogP) is 7.07. The summed E-state index contributed by atoms with van der Waals surface area (Å²) in [6, 6.07) is 26.2. The van der Waals surface area contributed by atoms with Crippen LogP contribution in [0.4, 0.5) is 11.4 Å². The molecule has 0 heterocycles. The molecule has 28 heavy (non-hydrogen) atoms. The highest BCUT2D eigenvalue weighted by molar-refractivity contribution is 5.36. The van der Waals surface area contributed by atoms with Gasteiger partial charge in [-0.05, 0) is 42.8 Å². The number of rotatable bonds is 0. The zero-order valence-electron chi connectivity index (χ0n) is 18.1. The van der Waals surface area contributed by atoms with Gasteiger partial charge >= 0.3 is 0 Å². The number of anilines is 2. The minimum atomic E-state index is 0.368. The van der Waals surface area contributed by atoms with Crippen LogP contribution in [0.2, 0.25) is 0 Å². The van der Waals surface area contributed by atoms with Crippen LogP contribution < -0.4 is 11.5 Å². The van der Waals surface area contributed by atoms with Crippen LogP contribution in [-0.4, -0.2) is 5.11 Å². The van der Waals surface area contributed by atoms with E-state index in [1.807, 2.05) is 85.8 Å². The maximum atomic E-state index is 8.92. The Morgan fingerprint density at radius 3 is 1.04 bits per heavy atom. The number of nitrogens with two attached hydrogens (primary N) is 2. The number of phenolic OH excluding ortho intramolecular Hbond substituents is 1. The minimum Gasteiger partial charge on any atom is -0.508 e. The molecule has 0 amide bonds. The van der Waals surface area contributed by atoms with E-state index >= 15 is 0 Å². The summed E-state index contributed by atoms with van der Waals surface area (Å²) in [5.41, 5.74) is 13.3. The summed E-state index contributed by atoms with van der Waals surface area (Å²) in [4.78, 5) is 0. The van der Waals surface area contributed by atoms with E-state index in [-0.39, 0.29) is 0 Å². The molecule has 154 valence electrons. The van der Waals surface area contributed by atoms with Gasteiger partial charge in [0.05, 0.1) is 0 Å². The van der Waals surface area contributed by atoms with Gasteiger partial charge in [-0.1, -0.05) is 95.1 Å². The summed E-state index contributed by atoms with van der Waals surface area (Å²) >= 11 is 0. The standard InChI is InChI=1S/C7H8O.2C6H7N.2C3H8/c1-6-4-2-3-5-7(6)8;2*7-6-4-2-1-3-5-6;2*1-3-2/h2-5,8H,1H3;2*1-5H,7H2;2*3H2,1-2H3. The summed E-state index contributed by atoms with van der Waals surface area (Å²) < 4.78 is 0. The number of phenols is 1. The van der Waals surface area contributed by atoms with Crippen LogP contribution in [-0.2, 0) is 0 Å². The van der Waals surface area contributed by atoms with E-state index < -0.39 is 0 Å². The van der Waals surface area contributed by atoms with Crippen molar-refractivity contribution in [2.45, 2.75) is 47.5 Å². The lowest BCUT2D eigenvalue weighted by Gasteiger charge is -1.92. The van der Waals surface area contributed by atoms with Crippen molar-refractivity contribution in [2.24, 2.45) is 0 Å². The Labute approximate surface area is 172 Å². The Kier molecular flexibility index (Phi) is 19.8. The summed E-state index contributed by atoms with van der Waals surface area (Å²) in [6.07, 6.45) is 2.50. The van der Waals surface area contributed by atoms with E-state index in [0.717, 1.165) is 16.9 Å². The first kappa shape index (κ1) is 27.3. The molecule has 0 saturated carbocycles. The van der Waals surface area contributed by atoms with Crippen LogP contribution in [0, 0.1) is 6.92 Å². The number of aryl methyl sites for hydroxylation is 1. The molecular formula is C25H38N2O. The lowest BCUT2D eigenvalue weighted by atomic mass is 10.2. The Morgan fingerprint density at radius 1 is 0.571 bits per heavy atom. The fourth-order valence-corrected chi connectivity index (χ4v) is 1.47. The number of nitrogen functional groups attached to an aromatic ring is 2. The highest BCUT2D eigenvalue weighted by Crippen LogP contribution is 2.12. The van der Waals surface area contributed by atoms with Crippen molar-refractivity contribution >= 4 is 11.4 Å². The van der Waals surface area contributed by atoms with Gasteiger partial charge in [0, 0.05) is 11.4 Å². The third-order valence-electron chi connectivity index (χ3n) is 2.71. The van der Waals surface area contributed by atoms with Crippen molar-refractivity contribution in [1.82, 2.24) is 0 Å². The average Bonchev–Trinajstić information content (AvgIpc) is 2.68. The molecule has 0 bridgehead atoms. The molecule has 0 aliphatic heterocycles. The molecule has 3 nitrogen and oxygen atoms in total. The monoisotopic (exact) mass is 382 g/mol. The van der Waals surface area contributed by atoms with E-state index in [9.17, 15) is 0 Å². The molecule has 0 fully saturated rings. The molecule has 3 aromatic carbocycles. The molecule has 0 aromatic heterocycles. The van der Waals surface area contributed by atoms with Crippen LogP contribution in [0.15, 0.2) is 84.9 Å². The topological polar surface area (TPSA) is 72.3 Å². The van der Waals surface area contributed by atoms with Crippen molar-refractivity contribution < 1.29 is 5.11 Å². The molecule has 0 aliphatic rings. The van der Waals surface area contributed by atoms with Gasteiger partial charge in [0.1, 0.15) is 5.75 Å². The molecule has 0 radical (unpaired) electrons. The Bertz CT molecular complexity index is 610. The second-order valence-corrected chi connectivity index (χ2v) is 6.02. The molecule has 0 aliphatic carbocycles. The highest BCUT2D eigenvalue weighted by Gasteiger charge is 1.87. The molecule has 0 unspecified atom stereocenters. The molecular weight excluding hydrogens is 344 g/mol. The first-order valence-electron chi connectivity index (χ1n) is 9.78. The quantitative estimate of drug-likeness (QED) is 0.364. The van der Waals surface area contributed by atoms with Gasteiger partial charge in [-0.2, -0.15) is 0 Å². The van der Waals surface area contributed by atoms with Crippen molar-refractivity contribution in [3.8, 4) is 5.75 Å². The smallest absolute Gasteiger partial charge is 0.118 e. The van der Waals surface area contributed by atoms with E-state index in [2.05, 4.69) is 27.7 Å². The van der Waals surface area contributed by atoms with Crippen LogP contribution >= 0.6 is 0 Å². The maximum Gasteiger partial charge on any atom is 0.118 e. The van der Waals surface area contributed by atoms with Crippen molar-refractivity contribution in [3.63, 3.8) is 0 Å². The summed E-state index contributed by atoms with van der Waals surface area (Å²) in [5.74, 6) is 0.368. The van der Waals surface area contributed by atoms with E-state index in [1.54, 1.807) is 6.07 Å². The zero-order valence-corrected chi connectivity index (χ0v) is 18.1. The third-order valence-corrected chi connectivity index (χ3v) is 2.71. The Balaban J connectivity index is 0. The molecule has 0 atom stereocenters. The van der Waals surface area contributed by atoms with Gasteiger partial charge in [-0.25, -0.2) is 0 Å². The fraction of sp³-hybridized carbons (Fsp3) is 0.280. The summed E-state index contributed by atoms with van der Waals surface area (Å²) in [6.45, 7) is 10.4. The number of hydrogen-bond donors (Lipinski definition) is 3. The van der Waals surface area contributed by atoms with Crippen molar-refractivity contribution in [2.75, 3.05) is 11.5 Å².